The highest BCUT2D eigenvalue weighted by atomic mass is 15.2. The first-order valence-corrected chi connectivity index (χ1v) is 5.88. The summed E-state index contributed by atoms with van der Waals surface area (Å²) in [5, 5.41) is 6.30. The maximum Gasteiger partial charge on any atom is 0.136 e. The molecule has 18 heavy (non-hydrogen) atoms. The average Bonchev–Trinajstić information content (AvgIpc) is 2.89. The summed E-state index contributed by atoms with van der Waals surface area (Å²) in [6.07, 6.45) is 3.43. The van der Waals surface area contributed by atoms with Gasteiger partial charge in [0, 0.05) is 32.4 Å². The number of likely N-dealkylation sites (N-methyl/N-ethyl adjacent to an activating group) is 2. The van der Waals surface area contributed by atoms with Crippen molar-refractivity contribution >= 4 is 17.5 Å². The van der Waals surface area contributed by atoms with E-state index in [1.54, 1.807) is 6.33 Å². The van der Waals surface area contributed by atoms with Gasteiger partial charge in [0.05, 0.1) is 0 Å². The molecule has 6 nitrogen and oxygen atoms in total. The molecule has 6 heteroatoms. The van der Waals surface area contributed by atoms with Crippen molar-refractivity contribution in [1.29, 1.82) is 0 Å². The Morgan fingerprint density at radius 1 is 1.39 bits per heavy atom. The first kappa shape index (κ1) is 12.4. The minimum absolute atomic E-state index is 0.777. The van der Waals surface area contributed by atoms with Crippen molar-refractivity contribution in [2.24, 2.45) is 0 Å². The number of aromatic nitrogens is 3. The van der Waals surface area contributed by atoms with E-state index in [1.807, 2.05) is 38.5 Å². The third-order valence-corrected chi connectivity index (χ3v) is 2.60. The van der Waals surface area contributed by atoms with Crippen molar-refractivity contribution in [3.05, 3.63) is 30.7 Å². The summed E-state index contributed by atoms with van der Waals surface area (Å²) in [5.74, 6) is 2.59. The van der Waals surface area contributed by atoms with E-state index in [4.69, 9.17) is 0 Å². The van der Waals surface area contributed by atoms with Crippen molar-refractivity contribution in [1.82, 2.24) is 20.3 Å². The van der Waals surface area contributed by atoms with Crippen molar-refractivity contribution in [3.8, 4) is 0 Å². The molecule has 0 unspecified atom stereocenters. The second-order valence-corrected chi connectivity index (χ2v) is 4.00. The Kier molecular flexibility index (Phi) is 4.14. The third-order valence-electron chi connectivity index (χ3n) is 2.60. The Labute approximate surface area is 106 Å². The van der Waals surface area contributed by atoms with E-state index in [1.165, 1.54) is 0 Å². The zero-order chi connectivity index (χ0) is 12.8. The van der Waals surface area contributed by atoms with E-state index in [0.29, 0.717) is 0 Å². The summed E-state index contributed by atoms with van der Waals surface area (Å²) in [4.78, 5) is 13.6. The number of aromatic amines is 1. The maximum atomic E-state index is 4.26. The summed E-state index contributed by atoms with van der Waals surface area (Å²) >= 11 is 0. The SMILES string of the molecule is CNCCN(C)c1cc(Nc2ccc[nH]2)ncn1. The zero-order valence-electron chi connectivity index (χ0n) is 10.6. The molecule has 0 aliphatic rings. The first-order chi connectivity index (χ1) is 8.79. The van der Waals surface area contributed by atoms with Gasteiger partial charge in [0.1, 0.15) is 23.8 Å². The van der Waals surface area contributed by atoms with Gasteiger partial charge < -0.3 is 20.5 Å². The monoisotopic (exact) mass is 246 g/mol. The Morgan fingerprint density at radius 2 is 2.28 bits per heavy atom. The molecule has 0 aliphatic carbocycles. The fourth-order valence-electron chi connectivity index (χ4n) is 1.56. The van der Waals surface area contributed by atoms with Crippen LogP contribution in [0.25, 0.3) is 0 Å². The lowest BCUT2D eigenvalue weighted by molar-refractivity contribution is 0.760. The van der Waals surface area contributed by atoms with Gasteiger partial charge in [0.15, 0.2) is 0 Å². The summed E-state index contributed by atoms with van der Waals surface area (Å²) in [6.45, 7) is 1.81. The number of H-pyrrole nitrogens is 1. The predicted molar refractivity (Wildman–Crippen MR) is 73.3 cm³/mol. The molecule has 2 rings (SSSR count). The molecule has 96 valence electrons. The van der Waals surface area contributed by atoms with E-state index in [0.717, 1.165) is 30.5 Å². The molecule has 0 fully saturated rings. The Morgan fingerprint density at radius 3 is 3.00 bits per heavy atom. The van der Waals surface area contributed by atoms with Crippen molar-refractivity contribution in [3.63, 3.8) is 0 Å². The van der Waals surface area contributed by atoms with Crippen molar-refractivity contribution < 1.29 is 0 Å². The molecule has 0 bridgehead atoms. The normalized spacial score (nSPS) is 10.3. The van der Waals surface area contributed by atoms with Crippen molar-refractivity contribution in [2.45, 2.75) is 0 Å². The quantitative estimate of drug-likeness (QED) is 0.714. The molecule has 0 radical (unpaired) electrons. The van der Waals surface area contributed by atoms with Gasteiger partial charge in [-0.25, -0.2) is 9.97 Å². The molecule has 0 spiro atoms. The van der Waals surface area contributed by atoms with Crippen LogP contribution in [0.4, 0.5) is 17.5 Å². The van der Waals surface area contributed by atoms with Crippen LogP contribution in [0.3, 0.4) is 0 Å². The third kappa shape index (κ3) is 3.21. The molecule has 2 aromatic heterocycles. The molecule has 3 N–H and O–H groups in total. The van der Waals surface area contributed by atoms with Crippen LogP contribution < -0.4 is 15.5 Å². The van der Waals surface area contributed by atoms with Gasteiger partial charge in [-0.3, -0.25) is 0 Å². The van der Waals surface area contributed by atoms with E-state index < -0.39 is 0 Å². The number of hydrogen-bond acceptors (Lipinski definition) is 5. The highest BCUT2D eigenvalue weighted by Gasteiger charge is 2.04. The fourth-order valence-corrected chi connectivity index (χ4v) is 1.56. The highest BCUT2D eigenvalue weighted by Crippen LogP contribution is 2.15. The van der Waals surface area contributed by atoms with Crippen LogP contribution in [0.5, 0.6) is 0 Å². The number of nitrogens with one attached hydrogen (secondary N) is 3. The van der Waals surface area contributed by atoms with Gasteiger partial charge >= 0.3 is 0 Å². The Bertz CT molecular complexity index is 467. The molecule has 2 heterocycles. The molecule has 0 atom stereocenters. The molecule has 0 aromatic carbocycles. The average molecular weight is 246 g/mol. The number of hydrogen-bond donors (Lipinski definition) is 3. The van der Waals surface area contributed by atoms with Gasteiger partial charge in [-0.15, -0.1) is 0 Å². The number of nitrogens with zero attached hydrogens (tertiary/aromatic N) is 3. The lowest BCUT2D eigenvalue weighted by Gasteiger charge is -2.18. The lowest BCUT2D eigenvalue weighted by atomic mass is 10.4. The first-order valence-electron chi connectivity index (χ1n) is 5.88. The van der Waals surface area contributed by atoms with Gasteiger partial charge in [-0.05, 0) is 19.2 Å². The van der Waals surface area contributed by atoms with Gasteiger partial charge in [0.25, 0.3) is 0 Å². The summed E-state index contributed by atoms with van der Waals surface area (Å²) < 4.78 is 0. The zero-order valence-corrected chi connectivity index (χ0v) is 10.6. The van der Waals surface area contributed by atoms with Gasteiger partial charge in [0.2, 0.25) is 0 Å². The minimum atomic E-state index is 0.777. The molecule has 2 aromatic rings. The summed E-state index contributed by atoms with van der Waals surface area (Å²) in [7, 11) is 3.95. The van der Waals surface area contributed by atoms with Crippen LogP contribution in [-0.4, -0.2) is 42.1 Å². The summed E-state index contributed by atoms with van der Waals surface area (Å²) in [5.41, 5.74) is 0. The standard InChI is InChI=1S/C12H18N6/c1-13-6-7-18(2)12-8-11(15-9-16-12)17-10-4-3-5-14-10/h3-5,8-9,13-14H,6-7H2,1-2H3,(H,15,16,17). The number of rotatable bonds is 6. The predicted octanol–water partition coefficient (Wildman–Crippen LogP) is 1.20. The smallest absolute Gasteiger partial charge is 0.136 e. The van der Waals surface area contributed by atoms with E-state index in [-0.39, 0.29) is 0 Å². The van der Waals surface area contributed by atoms with Crippen LogP contribution >= 0.6 is 0 Å². The Balaban J connectivity index is 2.05. The van der Waals surface area contributed by atoms with Crippen LogP contribution in [0.2, 0.25) is 0 Å². The highest BCUT2D eigenvalue weighted by molar-refractivity contribution is 5.56. The molecule has 0 saturated carbocycles. The molecular weight excluding hydrogens is 228 g/mol. The maximum absolute atomic E-state index is 4.26. The van der Waals surface area contributed by atoms with Crippen LogP contribution in [0.15, 0.2) is 30.7 Å². The van der Waals surface area contributed by atoms with E-state index in [9.17, 15) is 0 Å². The van der Waals surface area contributed by atoms with Crippen LogP contribution in [-0.2, 0) is 0 Å². The molecule has 0 aliphatic heterocycles. The minimum Gasteiger partial charge on any atom is -0.358 e. The molecular formula is C12H18N6. The van der Waals surface area contributed by atoms with Crippen LogP contribution in [0.1, 0.15) is 0 Å². The largest absolute Gasteiger partial charge is 0.358 e. The number of anilines is 3. The molecule has 0 saturated heterocycles. The van der Waals surface area contributed by atoms with Crippen molar-refractivity contribution in [2.75, 3.05) is 37.4 Å². The second kappa shape index (κ2) is 6.02. The Hall–Kier alpha value is -2.08. The second-order valence-electron chi connectivity index (χ2n) is 4.00. The van der Waals surface area contributed by atoms with E-state index in [2.05, 4.69) is 30.5 Å². The summed E-state index contributed by atoms with van der Waals surface area (Å²) in [6, 6.07) is 5.81. The topological polar surface area (TPSA) is 68.9 Å². The fraction of sp³-hybridized carbons (Fsp3) is 0.333. The van der Waals surface area contributed by atoms with Gasteiger partial charge in [-0.2, -0.15) is 0 Å². The van der Waals surface area contributed by atoms with E-state index >= 15 is 0 Å². The van der Waals surface area contributed by atoms with Crippen LogP contribution in [0, 0.1) is 0 Å². The lowest BCUT2D eigenvalue weighted by Crippen LogP contribution is -2.27. The molecule has 0 amide bonds. The van der Waals surface area contributed by atoms with Gasteiger partial charge in [-0.1, -0.05) is 0 Å².